The Morgan fingerprint density at radius 3 is 2.56 bits per heavy atom. The molecule has 0 saturated carbocycles. The Kier molecular flexibility index (Phi) is 5.03. The lowest BCUT2D eigenvalue weighted by atomic mass is 9.86. The molecule has 25 heavy (non-hydrogen) atoms. The Labute approximate surface area is 147 Å². The minimum Gasteiger partial charge on any atom is -0.497 e. The average molecular weight is 339 g/mol. The van der Waals surface area contributed by atoms with Gasteiger partial charge in [-0.25, -0.2) is 4.79 Å². The van der Waals surface area contributed by atoms with Crippen LogP contribution in [0, 0.1) is 0 Å². The third kappa shape index (κ3) is 3.65. The first-order valence-corrected chi connectivity index (χ1v) is 8.21. The zero-order valence-corrected chi connectivity index (χ0v) is 14.4. The van der Waals surface area contributed by atoms with Gasteiger partial charge >= 0.3 is 6.09 Å². The highest BCUT2D eigenvalue weighted by atomic mass is 16.5. The third-order valence-electron chi connectivity index (χ3n) is 4.54. The SMILES string of the molecule is COC(=O)N(Cc1ccccc1)C1CC(=O)c2ccc(OC)cc2C1. The third-order valence-corrected chi connectivity index (χ3v) is 4.54. The molecule has 0 N–H and O–H groups in total. The van der Waals surface area contributed by atoms with E-state index in [1.807, 2.05) is 36.4 Å². The number of rotatable bonds is 4. The van der Waals surface area contributed by atoms with Crippen LogP contribution in [-0.2, 0) is 17.7 Å². The molecule has 2 aromatic rings. The molecule has 1 aliphatic rings. The van der Waals surface area contributed by atoms with Crippen molar-refractivity contribution in [3.05, 3.63) is 65.2 Å². The van der Waals surface area contributed by atoms with Gasteiger partial charge in [0.25, 0.3) is 0 Å². The largest absolute Gasteiger partial charge is 0.497 e. The van der Waals surface area contributed by atoms with E-state index < -0.39 is 6.09 Å². The van der Waals surface area contributed by atoms with Crippen LogP contribution in [0.25, 0.3) is 0 Å². The average Bonchev–Trinajstić information content (AvgIpc) is 2.65. The Morgan fingerprint density at radius 2 is 1.88 bits per heavy atom. The fourth-order valence-corrected chi connectivity index (χ4v) is 3.25. The summed E-state index contributed by atoms with van der Waals surface area (Å²) in [6, 6.07) is 14.9. The van der Waals surface area contributed by atoms with Gasteiger partial charge in [-0.3, -0.25) is 4.79 Å². The van der Waals surface area contributed by atoms with E-state index in [0.717, 1.165) is 11.1 Å². The van der Waals surface area contributed by atoms with Crippen LogP contribution in [0.15, 0.2) is 48.5 Å². The van der Waals surface area contributed by atoms with Gasteiger partial charge in [-0.05, 0) is 35.7 Å². The highest BCUT2D eigenvalue weighted by Crippen LogP contribution is 2.29. The fraction of sp³-hybridized carbons (Fsp3) is 0.300. The summed E-state index contributed by atoms with van der Waals surface area (Å²) in [6.07, 6.45) is 0.467. The van der Waals surface area contributed by atoms with Crippen molar-refractivity contribution < 1.29 is 19.1 Å². The summed E-state index contributed by atoms with van der Waals surface area (Å²) in [6.45, 7) is 0.408. The predicted octanol–water partition coefficient (Wildman–Crippen LogP) is 3.46. The van der Waals surface area contributed by atoms with E-state index in [9.17, 15) is 9.59 Å². The summed E-state index contributed by atoms with van der Waals surface area (Å²) in [4.78, 5) is 26.5. The monoisotopic (exact) mass is 339 g/mol. The Hall–Kier alpha value is -2.82. The maximum atomic E-state index is 12.5. The van der Waals surface area contributed by atoms with Gasteiger partial charge in [0, 0.05) is 24.6 Å². The smallest absolute Gasteiger partial charge is 0.410 e. The molecule has 1 aliphatic carbocycles. The molecular formula is C20H21NO4. The number of fused-ring (bicyclic) bond motifs is 1. The molecule has 0 spiro atoms. The molecule has 0 fully saturated rings. The number of methoxy groups -OCH3 is 2. The fourth-order valence-electron chi connectivity index (χ4n) is 3.25. The van der Waals surface area contributed by atoms with E-state index in [2.05, 4.69) is 0 Å². The first-order chi connectivity index (χ1) is 12.1. The number of Topliss-reactive ketones (excluding diaryl/α,β-unsaturated/α-hetero) is 1. The highest BCUT2D eigenvalue weighted by Gasteiger charge is 2.32. The molecule has 1 amide bonds. The van der Waals surface area contributed by atoms with Gasteiger partial charge in [-0.15, -0.1) is 0 Å². The van der Waals surface area contributed by atoms with Crippen LogP contribution in [-0.4, -0.2) is 37.0 Å². The zero-order valence-electron chi connectivity index (χ0n) is 14.4. The standard InChI is InChI=1S/C20H21NO4/c1-24-17-8-9-18-15(11-17)10-16(12-19(18)22)21(20(23)25-2)13-14-6-4-3-5-7-14/h3-9,11,16H,10,12-13H2,1-2H3. The number of ketones is 1. The van der Waals surface area contributed by atoms with Crippen molar-refractivity contribution in [2.45, 2.75) is 25.4 Å². The number of hydrogen-bond donors (Lipinski definition) is 0. The summed E-state index contributed by atoms with van der Waals surface area (Å²) in [5.41, 5.74) is 2.61. The van der Waals surface area contributed by atoms with Crippen molar-refractivity contribution in [2.75, 3.05) is 14.2 Å². The Morgan fingerprint density at radius 1 is 1.12 bits per heavy atom. The van der Waals surface area contributed by atoms with Gasteiger partial charge in [-0.2, -0.15) is 0 Å². The number of carbonyl (C=O) groups excluding carboxylic acids is 2. The lowest BCUT2D eigenvalue weighted by Gasteiger charge is -2.33. The van der Waals surface area contributed by atoms with Crippen molar-refractivity contribution in [1.82, 2.24) is 4.90 Å². The molecule has 5 nitrogen and oxygen atoms in total. The molecule has 1 atom stereocenters. The quantitative estimate of drug-likeness (QED) is 0.856. The zero-order chi connectivity index (χ0) is 17.8. The molecule has 0 saturated heterocycles. The van der Waals surface area contributed by atoms with E-state index in [1.54, 1.807) is 24.1 Å². The number of amides is 1. The van der Waals surface area contributed by atoms with Crippen molar-refractivity contribution in [3.63, 3.8) is 0 Å². The first kappa shape index (κ1) is 17.0. The van der Waals surface area contributed by atoms with Crippen molar-refractivity contribution in [2.24, 2.45) is 0 Å². The summed E-state index contributed by atoms with van der Waals surface area (Å²) >= 11 is 0. The molecule has 3 rings (SSSR count). The van der Waals surface area contributed by atoms with Crippen LogP contribution in [0.2, 0.25) is 0 Å². The maximum absolute atomic E-state index is 12.5. The van der Waals surface area contributed by atoms with E-state index >= 15 is 0 Å². The second-order valence-electron chi connectivity index (χ2n) is 6.09. The van der Waals surface area contributed by atoms with Crippen LogP contribution in [0.4, 0.5) is 4.79 Å². The van der Waals surface area contributed by atoms with Gasteiger partial charge in [-0.1, -0.05) is 30.3 Å². The van der Waals surface area contributed by atoms with Gasteiger partial charge in [0.05, 0.1) is 14.2 Å². The summed E-state index contributed by atoms with van der Waals surface area (Å²) in [5, 5.41) is 0. The molecule has 1 unspecified atom stereocenters. The minimum absolute atomic E-state index is 0.0378. The molecule has 0 bridgehead atoms. The highest BCUT2D eigenvalue weighted by molar-refractivity contribution is 5.99. The van der Waals surface area contributed by atoms with Gasteiger partial charge in [0.1, 0.15) is 5.75 Å². The van der Waals surface area contributed by atoms with E-state index in [1.165, 1.54) is 7.11 Å². The Balaban J connectivity index is 1.88. The lowest BCUT2D eigenvalue weighted by molar-refractivity contribution is 0.0814. The Bertz CT molecular complexity index is 773. The van der Waals surface area contributed by atoms with Crippen LogP contribution in [0.1, 0.15) is 27.9 Å². The van der Waals surface area contributed by atoms with E-state index in [-0.39, 0.29) is 11.8 Å². The van der Waals surface area contributed by atoms with Crippen LogP contribution >= 0.6 is 0 Å². The number of ether oxygens (including phenoxy) is 2. The second kappa shape index (κ2) is 7.38. The summed E-state index contributed by atoms with van der Waals surface area (Å²) in [5.74, 6) is 0.746. The molecule has 130 valence electrons. The summed E-state index contributed by atoms with van der Waals surface area (Å²) in [7, 11) is 2.96. The van der Waals surface area contributed by atoms with Crippen molar-refractivity contribution in [1.29, 1.82) is 0 Å². The van der Waals surface area contributed by atoms with Crippen LogP contribution < -0.4 is 4.74 Å². The van der Waals surface area contributed by atoms with Gasteiger partial charge in [0.2, 0.25) is 0 Å². The van der Waals surface area contributed by atoms with Crippen LogP contribution in [0.3, 0.4) is 0 Å². The first-order valence-electron chi connectivity index (χ1n) is 8.21. The number of hydrogen-bond acceptors (Lipinski definition) is 4. The summed E-state index contributed by atoms with van der Waals surface area (Å²) < 4.78 is 10.2. The van der Waals surface area contributed by atoms with Crippen molar-refractivity contribution in [3.8, 4) is 5.75 Å². The molecule has 0 radical (unpaired) electrons. The van der Waals surface area contributed by atoms with E-state index in [0.29, 0.717) is 30.7 Å². The maximum Gasteiger partial charge on any atom is 0.410 e. The number of carbonyl (C=O) groups is 2. The molecule has 0 aliphatic heterocycles. The normalized spacial score (nSPS) is 16.1. The van der Waals surface area contributed by atoms with Crippen molar-refractivity contribution >= 4 is 11.9 Å². The van der Waals surface area contributed by atoms with Gasteiger partial charge < -0.3 is 14.4 Å². The molecule has 5 heteroatoms. The molecular weight excluding hydrogens is 318 g/mol. The molecule has 2 aromatic carbocycles. The molecule has 0 heterocycles. The van der Waals surface area contributed by atoms with Crippen LogP contribution in [0.5, 0.6) is 5.75 Å². The number of nitrogens with zero attached hydrogens (tertiary/aromatic N) is 1. The molecule has 0 aromatic heterocycles. The second-order valence-corrected chi connectivity index (χ2v) is 6.09. The van der Waals surface area contributed by atoms with Gasteiger partial charge in [0.15, 0.2) is 5.78 Å². The number of benzene rings is 2. The minimum atomic E-state index is -0.423. The predicted molar refractivity (Wildman–Crippen MR) is 93.8 cm³/mol. The lowest BCUT2D eigenvalue weighted by Crippen LogP contribution is -2.44. The van der Waals surface area contributed by atoms with E-state index in [4.69, 9.17) is 9.47 Å². The topological polar surface area (TPSA) is 55.8 Å².